The van der Waals surface area contributed by atoms with E-state index >= 15 is 0 Å². The number of nitro groups is 1. The van der Waals surface area contributed by atoms with Gasteiger partial charge in [-0.2, -0.15) is 0 Å². The number of hydrogen-bond donors (Lipinski definition) is 0. The van der Waals surface area contributed by atoms with Gasteiger partial charge in [0, 0.05) is 18.2 Å². The molecule has 1 aromatic carbocycles. The van der Waals surface area contributed by atoms with Crippen LogP contribution in [0.25, 0.3) is 0 Å². The first-order valence-electron chi connectivity index (χ1n) is 4.80. The Labute approximate surface area is 112 Å². The van der Waals surface area contributed by atoms with E-state index in [9.17, 15) is 10.1 Å². The molecule has 0 N–H and O–H groups in total. The highest BCUT2D eigenvalue weighted by atomic mass is 35.5. The van der Waals surface area contributed by atoms with Gasteiger partial charge in [0.25, 0.3) is 5.69 Å². The number of ether oxygens (including phenoxy) is 1. The first-order valence-corrected chi connectivity index (χ1v) is 5.56. The maximum absolute atomic E-state index is 10.5. The van der Waals surface area contributed by atoms with Crippen LogP contribution in [0.4, 0.5) is 5.69 Å². The second-order valence-electron chi connectivity index (χ2n) is 3.27. The third kappa shape index (κ3) is 2.88. The van der Waals surface area contributed by atoms with E-state index in [0.29, 0.717) is 0 Å². The molecule has 2 rings (SSSR count). The summed E-state index contributed by atoms with van der Waals surface area (Å²) in [5.41, 5.74) is -0.105. The Morgan fingerprint density at radius 1 is 1.22 bits per heavy atom. The molecule has 1 aromatic heterocycles. The average Bonchev–Trinajstić information content (AvgIpc) is 2.31. The van der Waals surface area contributed by atoms with Crippen molar-refractivity contribution in [2.75, 3.05) is 0 Å². The number of halogens is 2. The number of nitro benzene ring substituents is 1. The Bertz CT molecular complexity index is 605. The monoisotopic (exact) mass is 284 g/mol. The first-order chi connectivity index (χ1) is 8.56. The molecule has 0 atom stereocenters. The van der Waals surface area contributed by atoms with Crippen LogP contribution in [0.5, 0.6) is 11.6 Å². The topological polar surface area (TPSA) is 65.3 Å². The average molecular weight is 285 g/mol. The largest absolute Gasteiger partial charge is 0.437 e. The minimum Gasteiger partial charge on any atom is -0.437 e. The molecule has 0 amide bonds. The molecule has 18 heavy (non-hydrogen) atoms. The lowest BCUT2D eigenvalue weighted by molar-refractivity contribution is -0.384. The normalized spacial score (nSPS) is 10.1. The van der Waals surface area contributed by atoms with E-state index in [1.54, 1.807) is 18.2 Å². The summed E-state index contributed by atoms with van der Waals surface area (Å²) in [6.45, 7) is 0. The van der Waals surface area contributed by atoms with Crippen LogP contribution >= 0.6 is 23.2 Å². The quantitative estimate of drug-likeness (QED) is 0.484. The molecule has 2 aromatic rings. The van der Waals surface area contributed by atoms with E-state index in [0.717, 1.165) is 0 Å². The molecule has 0 aliphatic carbocycles. The van der Waals surface area contributed by atoms with Crippen LogP contribution in [0.3, 0.4) is 0 Å². The van der Waals surface area contributed by atoms with Crippen molar-refractivity contribution in [2.45, 2.75) is 0 Å². The molecule has 7 heteroatoms. The second-order valence-corrected chi connectivity index (χ2v) is 4.07. The van der Waals surface area contributed by atoms with Gasteiger partial charge in [-0.05, 0) is 12.1 Å². The Hall–Kier alpha value is -1.85. The van der Waals surface area contributed by atoms with Gasteiger partial charge in [0.05, 0.1) is 9.95 Å². The predicted molar refractivity (Wildman–Crippen MR) is 67.4 cm³/mol. The number of non-ortho nitro benzene ring substituents is 1. The van der Waals surface area contributed by atoms with Crippen molar-refractivity contribution in [1.82, 2.24) is 4.98 Å². The van der Waals surface area contributed by atoms with Crippen LogP contribution in [-0.2, 0) is 0 Å². The number of rotatable bonds is 3. The summed E-state index contributed by atoms with van der Waals surface area (Å²) in [5.74, 6) is 0.537. The molecule has 0 bridgehead atoms. The van der Waals surface area contributed by atoms with Gasteiger partial charge in [0.1, 0.15) is 10.9 Å². The van der Waals surface area contributed by atoms with Crippen molar-refractivity contribution in [3.8, 4) is 11.6 Å². The van der Waals surface area contributed by atoms with Crippen molar-refractivity contribution in [3.63, 3.8) is 0 Å². The second kappa shape index (κ2) is 5.20. The van der Waals surface area contributed by atoms with E-state index in [1.807, 2.05) is 0 Å². The molecule has 1 heterocycles. The molecule has 0 aliphatic rings. The van der Waals surface area contributed by atoms with E-state index in [1.165, 1.54) is 18.2 Å². The summed E-state index contributed by atoms with van der Waals surface area (Å²) in [6, 6.07) is 8.79. The number of hydrogen-bond acceptors (Lipinski definition) is 4. The summed E-state index contributed by atoms with van der Waals surface area (Å²) >= 11 is 11.6. The number of nitrogens with zero attached hydrogens (tertiary/aromatic N) is 2. The van der Waals surface area contributed by atoms with Crippen molar-refractivity contribution in [1.29, 1.82) is 0 Å². The van der Waals surface area contributed by atoms with Gasteiger partial charge in [-0.25, -0.2) is 4.98 Å². The van der Waals surface area contributed by atoms with Crippen molar-refractivity contribution in [2.24, 2.45) is 0 Å². The summed E-state index contributed by atoms with van der Waals surface area (Å²) < 4.78 is 5.37. The van der Waals surface area contributed by atoms with Gasteiger partial charge in [-0.3, -0.25) is 10.1 Å². The molecule has 0 saturated carbocycles. The Morgan fingerprint density at radius 3 is 2.61 bits per heavy atom. The third-order valence-corrected chi connectivity index (χ3v) is 2.54. The number of pyridine rings is 1. The third-order valence-electron chi connectivity index (χ3n) is 2.03. The van der Waals surface area contributed by atoms with Gasteiger partial charge >= 0.3 is 0 Å². The van der Waals surface area contributed by atoms with Crippen LogP contribution in [0, 0.1) is 10.1 Å². The lowest BCUT2D eigenvalue weighted by Crippen LogP contribution is -1.91. The van der Waals surface area contributed by atoms with Gasteiger partial charge < -0.3 is 4.74 Å². The Balaban J connectivity index is 2.27. The van der Waals surface area contributed by atoms with Gasteiger partial charge in [-0.1, -0.05) is 29.3 Å². The Morgan fingerprint density at radius 2 is 2.00 bits per heavy atom. The van der Waals surface area contributed by atoms with Gasteiger partial charge in [0.2, 0.25) is 5.88 Å². The minimum absolute atomic E-state index is 0.105. The van der Waals surface area contributed by atoms with Crippen LogP contribution in [0.2, 0.25) is 10.2 Å². The van der Waals surface area contributed by atoms with Crippen LogP contribution in [0.15, 0.2) is 36.4 Å². The number of aromatic nitrogens is 1. The molecule has 0 aliphatic heterocycles. The zero-order chi connectivity index (χ0) is 13.1. The molecule has 0 saturated heterocycles. The fraction of sp³-hybridized carbons (Fsp3) is 0. The zero-order valence-electron chi connectivity index (χ0n) is 8.84. The predicted octanol–water partition coefficient (Wildman–Crippen LogP) is 4.09. The first kappa shape index (κ1) is 12.6. The van der Waals surface area contributed by atoms with E-state index < -0.39 is 4.92 Å². The van der Waals surface area contributed by atoms with Crippen LogP contribution in [0.1, 0.15) is 0 Å². The summed E-state index contributed by atoms with van der Waals surface area (Å²) in [6.07, 6.45) is 0. The summed E-state index contributed by atoms with van der Waals surface area (Å²) in [5, 5.41) is 11.0. The van der Waals surface area contributed by atoms with Crippen molar-refractivity contribution < 1.29 is 9.66 Å². The highest BCUT2D eigenvalue weighted by molar-refractivity contribution is 6.32. The molecule has 0 spiro atoms. The molecular formula is C11H6Cl2N2O3. The van der Waals surface area contributed by atoms with Crippen molar-refractivity contribution >= 4 is 28.9 Å². The van der Waals surface area contributed by atoms with E-state index in [2.05, 4.69) is 4.98 Å². The summed E-state index contributed by atoms with van der Waals surface area (Å²) in [7, 11) is 0. The lowest BCUT2D eigenvalue weighted by atomic mass is 10.3. The molecule has 5 nitrogen and oxygen atoms in total. The molecular weight excluding hydrogens is 279 g/mol. The van der Waals surface area contributed by atoms with Crippen molar-refractivity contribution in [3.05, 3.63) is 56.7 Å². The maximum atomic E-state index is 10.5. The fourth-order valence-electron chi connectivity index (χ4n) is 1.25. The Kier molecular flexibility index (Phi) is 3.64. The molecule has 0 unspecified atom stereocenters. The highest BCUT2D eigenvalue weighted by Crippen LogP contribution is 2.31. The lowest BCUT2D eigenvalue weighted by Gasteiger charge is -2.06. The smallest absolute Gasteiger partial charge is 0.271 e. The summed E-state index contributed by atoms with van der Waals surface area (Å²) in [4.78, 5) is 13.9. The SMILES string of the molecule is O=[N+]([O-])c1ccc(Oc2cccc(Cl)n2)c(Cl)c1. The van der Waals surface area contributed by atoms with E-state index in [4.69, 9.17) is 27.9 Å². The fourth-order valence-corrected chi connectivity index (χ4v) is 1.61. The highest BCUT2D eigenvalue weighted by Gasteiger charge is 2.11. The molecule has 0 radical (unpaired) electrons. The zero-order valence-corrected chi connectivity index (χ0v) is 10.4. The molecule has 92 valence electrons. The number of benzene rings is 1. The van der Waals surface area contributed by atoms with Gasteiger partial charge in [0.15, 0.2) is 0 Å². The van der Waals surface area contributed by atoms with Gasteiger partial charge in [-0.15, -0.1) is 0 Å². The molecule has 0 fully saturated rings. The standard InChI is InChI=1S/C11H6Cl2N2O3/c12-8-6-7(15(16)17)4-5-9(8)18-11-3-1-2-10(13)14-11/h1-6H. The van der Waals surface area contributed by atoms with E-state index in [-0.39, 0.29) is 27.5 Å². The maximum Gasteiger partial charge on any atom is 0.271 e. The van der Waals surface area contributed by atoms with Crippen LogP contribution in [-0.4, -0.2) is 9.91 Å². The van der Waals surface area contributed by atoms with Crippen LogP contribution < -0.4 is 4.74 Å². The minimum atomic E-state index is -0.534.